The Morgan fingerprint density at radius 2 is 2.13 bits per heavy atom. The van der Waals surface area contributed by atoms with Crippen LogP contribution in [0.1, 0.15) is 47.9 Å². The lowest BCUT2D eigenvalue weighted by atomic mass is 10.0. The van der Waals surface area contributed by atoms with Gasteiger partial charge in [0.15, 0.2) is 0 Å². The standard InChI is InChI=1S/C23H27FN4O3/c24-18-5-2-1-4-15(18)12-27-10-7-19-17(13-27)22(29)26-21(25-19)20-6-3-9-28(20)23(30)16-8-11-31-14-16/h1-2,4-5,16,20H,3,6-14H2,(H,25,26,29)/t16-,20+/m0/s1. The Balaban J connectivity index is 1.34. The summed E-state index contributed by atoms with van der Waals surface area (Å²) in [5.74, 6) is 0.388. The molecule has 3 aliphatic heterocycles. The molecule has 1 aromatic heterocycles. The van der Waals surface area contributed by atoms with Crippen molar-refractivity contribution in [3.8, 4) is 0 Å². The second kappa shape index (κ2) is 8.51. The maximum Gasteiger partial charge on any atom is 0.255 e. The largest absolute Gasteiger partial charge is 0.381 e. The molecule has 1 amide bonds. The van der Waals surface area contributed by atoms with Gasteiger partial charge in [0.2, 0.25) is 5.91 Å². The van der Waals surface area contributed by atoms with E-state index >= 15 is 0 Å². The van der Waals surface area contributed by atoms with Crippen molar-refractivity contribution in [2.45, 2.75) is 44.8 Å². The van der Waals surface area contributed by atoms with Crippen LogP contribution in [0.2, 0.25) is 0 Å². The van der Waals surface area contributed by atoms with Gasteiger partial charge < -0.3 is 14.6 Å². The Labute approximate surface area is 180 Å². The molecule has 3 aliphatic rings. The van der Waals surface area contributed by atoms with Gasteiger partial charge in [0, 0.05) is 44.8 Å². The van der Waals surface area contributed by atoms with Gasteiger partial charge in [-0.05, 0) is 25.3 Å². The predicted molar refractivity (Wildman–Crippen MR) is 112 cm³/mol. The Hall–Kier alpha value is -2.58. The number of nitrogens with zero attached hydrogens (tertiary/aromatic N) is 3. The fraction of sp³-hybridized carbons (Fsp3) is 0.522. The number of aromatic amines is 1. The molecule has 0 aliphatic carbocycles. The molecule has 0 bridgehead atoms. The van der Waals surface area contributed by atoms with Gasteiger partial charge in [-0.2, -0.15) is 0 Å². The van der Waals surface area contributed by atoms with Crippen molar-refractivity contribution in [1.29, 1.82) is 0 Å². The molecule has 1 N–H and O–H groups in total. The van der Waals surface area contributed by atoms with Crippen molar-refractivity contribution in [3.63, 3.8) is 0 Å². The van der Waals surface area contributed by atoms with E-state index in [1.54, 1.807) is 12.1 Å². The highest BCUT2D eigenvalue weighted by Crippen LogP contribution is 2.32. The number of likely N-dealkylation sites (tertiary alicyclic amines) is 1. The summed E-state index contributed by atoms with van der Waals surface area (Å²) in [5.41, 5.74) is 1.92. The van der Waals surface area contributed by atoms with Gasteiger partial charge in [-0.3, -0.25) is 14.5 Å². The number of carbonyl (C=O) groups is 1. The van der Waals surface area contributed by atoms with Crippen LogP contribution in [0.25, 0.3) is 0 Å². The number of aromatic nitrogens is 2. The summed E-state index contributed by atoms with van der Waals surface area (Å²) in [6, 6.07) is 6.56. The van der Waals surface area contributed by atoms with Crippen molar-refractivity contribution in [2.75, 3.05) is 26.3 Å². The van der Waals surface area contributed by atoms with E-state index in [2.05, 4.69) is 9.88 Å². The summed E-state index contributed by atoms with van der Waals surface area (Å²) in [7, 11) is 0. The summed E-state index contributed by atoms with van der Waals surface area (Å²) >= 11 is 0. The van der Waals surface area contributed by atoms with Crippen LogP contribution < -0.4 is 5.56 Å². The fourth-order valence-electron chi connectivity index (χ4n) is 4.94. The van der Waals surface area contributed by atoms with Gasteiger partial charge in [-0.15, -0.1) is 0 Å². The van der Waals surface area contributed by atoms with Crippen LogP contribution in [0.3, 0.4) is 0 Å². The molecule has 2 fully saturated rings. The molecular weight excluding hydrogens is 399 g/mol. The number of carbonyl (C=O) groups excluding carboxylic acids is 1. The number of ether oxygens (including phenoxy) is 1. The molecule has 0 radical (unpaired) electrons. The van der Waals surface area contributed by atoms with Crippen molar-refractivity contribution in [1.82, 2.24) is 19.8 Å². The molecule has 4 heterocycles. The first-order valence-electron chi connectivity index (χ1n) is 11.1. The molecule has 2 atom stereocenters. The lowest BCUT2D eigenvalue weighted by Gasteiger charge is -2.30. The van der Waals surface area contributed by atoms with Gasteiger partial charge in [0.25, 0.3) is 5.56 Å². The van der Waals surface area contributed by atoms with Crippen molar-refractivity contribution < 1.29 is 13.9 Å². The number of halogens is 1. The predicted octanol–water partition coefficient (Wildman–Crippen LogP) is 2.17. The van der Waals surface area contributed by atoms with E-state index < -0.39 is 0 Å². The second-order valence-corrected chi connectivity index (χ2v) is 8.68. The molecule has 1 aromatic carbocycles. The summed E-state index contributed by atoms with van der Waals surface area (Å²) in [6.07, 6.45) is 3.10. The maximum absolute atomic E-state index is 14.0. The van der Waals surface area contributed by atoms with Crippen molar-refractivity contribution >= 4 is 5.91 Å². The first kappa shape index (κ1) is 20.3. The average Bonchev–Trinajstić information content (AvgIpc) is 3.48. The molecular formula is C23H27FN4O3. The Kier molecular flexibility index (Phi) is 5.58. The van der Waals surface area contributed by atoms with Gasteiger partial charge in [0.05, 0.1) is 29.8 Å². The zero-order valence-electron chi connectivity index (χ0n) is 17.5. The van der Waals surface area contributed by atoms with Crippen LogP contribution in [0, 0.1) is 11.7 Å². The molecule has 0 saturated carbocycles. The Bertz CT molecular complexity index is 1030. The number of nitrogens with one attached hydrogen (secondary N) is 1. The number of fused-ring (bicyclic) bond motifs is 1. The lowest BCUT2D eigenvalue weighted by Crippen LogP contribution is -2.39. The smallest absolute Gasteiger partial charge is 0.255 e. The first-order valence-corrected chi connectivity index (χ1v) is 11.1. The van der Waals surface area contributed by atoms with E-state index in [0.717, 1.165) is 25.0 Å². The molecule has 7 nitrogen and oxygen atoms in total. The van der Waals surface area contributed by atoms with Crippen LogP contribution in [0.15, 0.2) is 29.1 Å². The molecule has 0 spiro atoms. The molecule has 5 rings (SSSR count). The number of hydrogen-bond donors (Lipinski definition) is 1. The highest BCUT2D eigenvalue weighted by Gasteiger charge is 2.37. The minimum atomic E-state index is -0.227. The topological polar surface area (TPSA) is 78.5 Å². The van der Waals surface area contributed by atoms with E-state index in [1.165, 1.54) is 6.07 Å². The second-order valence-electron chi connectivity index (χ2n) is 8.68. The summed E-state index contributed by atoms with van der Waals surface area (Å²) < 4.78 is 19.4. The number of H-pyrrole nitrogens is 1. The maximum atomic E-state index is 14.0. The first-order chi connectivity index (χ1) is 15.1. The molecule has 2 aromatic rings. The number of hydrogen-bond acceptors (Lipinski definition) is 5. The SMILES string of the molecule is O=C([C@H]1CCOC1)N1CCC[C@@H]1c1nc2c(c(=O)[nH]1)CN(Cc1ccccc1F)CC2. The molecule has 164 valence electrons. The van der Waals surface area contributed by atoms with E-state index in [1.807, 2.05) is 11.0 Å². The summed E-state index contributed by atoms with van der Waals surface area (Å²) in [4.78, 5) is 37.6. The summed E-state index contributed by atoms with van der Waals surface area (Å²) in [6.45, 7) is 3.42. The van der Waals surface area contributed by atoms with Crippen LogP contribution in [0.4, 0.5) is 4.39 Å². The number of benzene rings is 1. The minimum absolute atomic E-state index is 0.0862. The van der Waals surface area contributed by atoms with Gasteiger partial charge in [-0.1, -0.05) is 18.2 Å². The molecule has 8 heteroatoms. The zero-order chi connectivity index (χ0) is 21.4. The minimum Gasteiger partial charge on any atom is -0.381 e. The van der Waals surface area contributed by atoms with Crippen molar-refractivity contribution in [2.24, 2.45) is 5.92 Å². The van der Waals surface area contributed by atoms with Crippen molar-refractivity contribution in [3.05, 3.63) is 63.1 Å². The third kappa shape index (κ3) is 4.02. The zero-order valence-corrected chi connectivity index (χ0v) is 17.5. The molecule has 2 saturated heterocycles. The third-order valence-electron chi connectivity index (χ3n) is 6.65. The van der Waals surface area contributed by atoms with E-state index in [0.29, 0.717) is 62.8 Å². The molecule has 0 unspecified atom stereocenters. The fourth-order valence-corrected chi connectivity index (χ4v) is 4.94. The van der Waals surface area contributed by atoms with E-state index in [9.17, 15) is 14.0 Å². The van der Waals surface area contributed by atoms with Crippen LogP contribution >= 0.6 is 0 Å². The third-order valence-corrected chi connectivity index (χ3v) is 6.65. The highest BCUT2D eigenvalue weighted by molar-refractivity contribution is 5.80. The van der Waals surface area contributed by atoms with Gasteiger partial charge in [-0.25, -0.2) is 9.37 Å². The molecule has 31 heavy (non-hydrogen) atoms. The number of rotatable bonds is 4. The Morgan fingerprint density at radius 1 is 1.26 bits per heavy atom. The van der Waals surface area contributed by atoms with Gasteiger partial charge >= 0.3 is 0 Å². The average molecular weight is 426 g/mol. The quantitative estimate of drug-likeness (QED) is 0.811. The highest BCUT2D eigenvalue weighted by atomic mass is 19.1. The summed E-state index contributed by atoms with van der Waals surface area (Å²) in [5, 5.41) is 0. The van der Waals surface area contributed by atoms with Crippen LogP contribution in [-0.2, 0) is 29.0 Å². The van der Waals surface area contributed by atoms with Crippen LogP contribution in [0.5, 0.6) is 0 Å². The van der Waals surface area contributed by atoms with E-state index in [4.69, 9.17) is 9.72 Å². The normalized spacial score (nSPS) is 23.8. The van der Waals surface area contributed by atoms with Gasteiger partial charge in [0.1, 0.15) is 11.6 Å². The van der Waals surface area contributed by atoms with Crippen LogP contribution in [-0.4, -0.2) is 52.0 Å². The van der Waals surface area contributed by atoms with E-state index in [-0.39, 0.29) is 29.2 Å². The Morgan fingerprint density at radius 3 is 2.94 bits per heavy atom. The number of amides is 1. The lowest BCUT2D eigenvalue weighted by molar-refractivity contribution is -0.136. The monoisotopic (exact) mass is 426 g/mol.